The molecule has 0 unspecified atom stereocenters. The summed E-state index contributed by atoms with van der Waals surface area (Å²) in [6.45, 7) is 5.17. The van der Waals surface area contributed by atoms with E-state index in [1.165, 1.54) is 154 Å². The summed E-state index contributed by atoms with van der Waals surface area (Å²) in [6.07, 6.45) is 45.2. The minimum atomic E-state index is 0. The van der Waals surface area contributed by atoms with Crippen LogP contribution in [0.2, 0.25) is 0 Å². The Morgan fingerprint density at radius 2 is 0.769 bits per heavy atom. The maximum Gasteiger partial charge on any atom is 1.00 e. The van der Waals surface area contributed by atoms with Crippen LogP contribution in [0.15, 0.2) is 24.3 Å². The second kappa shape index (κ2) is 38.6. The molecule has 0 N–H and O–H groups in total. The van der Waals surface area contributed by atoms with Crippen LogP contribution in [0.25, 0.3) is 0 Å². The molecule has 0 aliphatic rings. The number of hydrogen-bond donors (Lipinski definition) is 0. The van der Waals surface area contributed by atoms with E-state index >= 15 is 0 Å². The molecule has 3 heteroatoms. The number of carbonyl (C=O) groups is 1. The van der Waals surface area contributed by atoms with Gasteiger partial charge in [0.05, 0.1) is 6.61 Å². The van der Waals surface area contributed by atoms with Crippen LogP contribution in [0.4, 0.5) is 0 Å². The second-order valence-corrected chi connectivity index (χ2v) is 11.5. The van der Waals surface area contributed by atoms with E-state index in [0.717, 1.165) is 19.3 Å². The fourth-order valence-electron chi connectivity index (χ4n) is 4.95. The van der Waals surface area contributed by atoms with Gasteiger partial charge in [-0.15, -0.1) is 0 Å². The molecule has 0 rings (SSSR count). The van der Waals surface area contributed by atoms with Gasteiger partial charge in [-0.1, -0.05) is 147 Å². The Bertz CT molecular complexity index is 521. The minimum Gasteiger partial charge on any atom is -1.00 e. The van der Waals surface area contributed by atoms with Crippen LogP contribution in [0.3, 0.4) is 0 Å². The third-order valence-corrected chi connectivity index (χ3v) is 7.56. The van der Waals surface area contributed by atoms with Crippen LogP contribution in [0.1, 0.15) is 195 Å². The van der Waals surface area contributed by atoms with Gasteiger partial charge < -0.3 is 6.16 Å². The molecular weight excluding hydrogens is 503 g/mol. The number of hydrogen-bond acceptors (Lipinski definition) is 2. The minimum absolute atomic E-state index is 0. The van der Waals surface area contributed by atoms with E-state index in [1.807, 2.05) is 0 Å². The van der Waals surface area contributed by atoms with Crippen molar-refractivity contribution in [1.82, 2.24) is 0 Å². The molecule has 0 atom stereocenters. The smallest absolute Gasteiger partial charge is 1.00 e. The molecule has 0 heterocycles. The van der Waals surface area contributed by atoms with E-state index in [0.29, 0.717) is 13.0 Å². The second-order valence-electron chi connectivity index (χ2n) is 11.5. The van der Waals surface area contributed by atoms with Gasteiger partial charge >= 0.3 is 57.4 Å². The Morgan fingerprint density at radius 1 is 0.462 bits per heavy atom. The largest absolute Gasteiger partial charge is 1.00 e. The predicted octanol–water partition coefficient (Wildman–Crippen LogP) is 9.72. The van der Waals surface area contributed by atoms with E-state index in [2.05, 4.69) is 38.2 Å². The SMILES string of the molecule is CCCCCCCC/C=C\CCCCCCCCOC(=O)CCCCCCC/C=C\CCCCCCCC.[H-].[K+]. The van der Waals surface area contributed by atoms with E-state index in [-0.39, 0.29) is 58.8 Å². The Morgan fingerprint density at radius 3 is 1.15 bits per heavy atom. The van der Waals surface area contributed by atoms with Crippen LogP contribution >= 0.6 is 0 Å². The zero-order valence-electron chi connectivity index (χ0n) is 28.1. The van der Waals surface area contributed by atoms with Crippen LogP contribution < -0.4 is 51.4 Å². The Labute approximate surface area is 290 Å². The first-order valence-corrected chi connectivity index (χ1v) is 17.3. The summed E-state index contributed by atoms with van der Waals surface area (Å²) in [5.41, 5.74) is 0. The van der Waals surface area contributed by atoms with Crippen LogP contribution in [0, 0.1) is 0 Å². The Balaban J connectivity index is -0.00000684. The number of unbranched alkanes of at least 4 members (excludes halogenated alkanes) is 23. The van der Waals surface area contributed by atoms with Gasteiger partial charge in [-0.25, -0.2) is 0 Å². The van der Waals surface area contributed by atoms with Gasteiger partial charge in [0.1, 0.15) is 0 Å². The molecule has 39 heavy (non-hydrogen) atoms. The average Bonchev–Trinajstić information content (AvgIpc) is 2.92. The third-order valence-electron chi connectivity index (χ3n) is 7.56. The van der Waals surface area contributed by atoms with Gasteiger partial charge in [0, 0.05) is 6.42 Å². The van der Waals surface area contributed by atoms with Crippen molar-refractivity contribution in [3.05, 3.63) is 24.3 Å². The molecule has 0 saturated heterocycles. The van der Waals surface area contributed by atoms with Gasteiger partial charge in [0.25, 0.3) is 0 Å². The number of rotatable bonds is 31. The average molecular weight is 573 g/mol. The first-order chi connectivity index (χ1) is 18.8. The Kier molecular flexibility index (Phi) is 41.3. The summed E-state index contributed by atoms with van der Waals surface area (Å²) in [6, 6.07) is 0. The molecule has 0 aromatic rings. The molecule has 0 saturated carbocycles. The van der Waals surface area contributed by atoms with E-state index in [1.54, 1.807) is 0 Å². The fraction of sp³-hybridized carbons (Fsp3) is 0.861. The van der Waals surface area contributed by atoms with Crippen molar-refractivity contribution in [2.24, 2.45) is 0 Å². The number of ether oxygens (including phenoxy) is 1. The van der Waals surface area contributed by atoms with E-state index in [4.69, 9.17) is 4.74 Å². The molecule has 0 aliphatic heterocycles. The zero-order chi connectivity index (χ0) is 27.6. The van der Waals surface area contributed by atoms with Crippen molar-refractivity contribution in [3.8, 4) is 0 Å². The van der Waals surface area contributed by atoms with Crippen LogP contribution in [0.5, 0.6) is 0 Å². The van der Waals surface area contributed by atoms with Gasteiger partial charge in [0.2, 0.25) is 0 Å². The normalized spacial score (nSPS) is 11.4. The van der Waals surface area contributed by atoms with Gasteiger partial charge in [-0.3, -0.25) is 4.79 Å². The first kappa shape index (κ1) is 41.7. The summed E-state index contributed by atoms with van der Waals surface area (Å²) in [5.74, 6) is 0.00961. The predicted molar refractivity (Wildman–Crippen MR) is 171 cm³/mol. The zero-order valence-corrected chi connectivity index (χ0v) is 30.3. The molecule has 0 bridgehead atoms. The molecule has 0 amide bonds. The standard InChI is InChI=1S/C36H68O2.K.H/c1-3-5-7-9-11-13-15-17-19-21-23-25-27-29-31-33-35-38-36(37)34-32-30-28-26-24-22-20-18-16-14-12-10-8-6-4-2;;/h17-20H,3-16,21-35H2,1-2H3;;/q;+1;-1/b19-17-,20-18-;;. The maximum absolute atomic E-state index is 11.9. The van der Waals surface area contributed by atoms with Crippen molar-refractivity contribution >= 4 is 5.97 Å². The van der Waals surface area contributed by atoms with Crippen molar-refractivity contribution in [2.45, 2.75) is 194 Å². The molecule has 2 nitrogen and oxygen atoms in total. The molecule has 0 spiro atoms. The maximum atomic E-state index is 11.9. The monoisotopic (exact) mass is 572 g/mol. The van der Waals surface area contributed by atoms with Gasteiger partial charge in [0.15, 0.2) is 0 Å². The summed E-state index contributed by atoms with van der Waals surface area (Å²) in [7, 11) is 0. The van der Waals surface area contributed by atoms with Crippen LogP contribution in [-0.4, -0.2) is 12.6 Å². The number of allylic oxidation sites excluding steroid dienone is 4. The third kappa shape index (κ3) is 38.6. The molecule has 0 aliphatic carbocycles. The Hall–Kier alpha value is 0.586. The summed E-state index contributed by atoms with van der Waals surface area (Å²) >= 11 is 0. The van der Waals surface area contributed by atoms with Crippen molar-refractivity contribution in [1.29, 1.82) is 0 Å². The van der Waals surface area contributed by atoms with Gasteiger partial charge in [-0.2, -0.15) is 0 Å². The van der Waals surface area contributed by atoms with Crippen molar-refractivity contribution < 1.29 is 62.3 Å². The van der Waals surface area contributed by atoms with E-state index < -0.39 is 0 Å². The van der Waals surface area contributed by atoms with Crippen molar-refractivity contribution in [2.75, 3.05) is 6.61 Å². The first-order valence-electron chi connectivity index (χ1n) is 17.3. The molecule has 226 valence electrons. The molecule has 0 radical (unpaired) electrons. The summed E-state index contributed by atoms with van der Waals surface area (Å²) in [5, 5.41) is 0. The summed E-state index contributed by atoms with van der Waals surface area (Å²) < 4.78 is 5.42. The van der Waals surface area contributed by atoms with Crippen LogP contribution in [-0.2, 0) is 9.53 Å². The quantitative estimate of drug-likeness (QED) is 0.0358. The summed E-state index contributed by atoms with van der Waals surface area (Å²) in [4.78, 5) is 11.9. The number of esters is 1. The van der Waals surface area contributed by atoms with E-state index in [9.17, 15) is 4.79 Å². The number of carbonyl (C=O) groups excluding carboxylic acids is 1. The molecule has 0 aromatic heterocycles. The topological polar surface area (TPSA) is 26.3 Å². The molecule has 0 aromatic carbocycles. The van der Waals surface area contributed by atoms with Crippen molar-refractivity contribution in [3.63, 3.8) is 0 Å². The van der Waals surface area contributed by atoms with Gasteiger partial charge in [-0.05, 0) is 64.2 Å². The molecular formula is C36H69KO2. The fourth-order valence-corrected chi connectivity index (χ4v) is 4.95. The molecule has 0 fully saturated rings.